The van der Waals surface area contributed by atoms with E-state index in [1.165, 1.54) is 13.8 Å². The summed E-state index contributed by atoms with van der Waals surface area (Å²) in [7, 11) is 0. The average molecular weight is 472 g/mol. The smallest absolute Gasteiger partial charge is 0.187 e. The maximum absolute atomic E-state index is 10.5. The van der Waals surface area contributed by atoms with Gasteiger partial charge < -0.3 is 69.6 Å². The van der Waals surface area contributed by atoms with E-state index >= 15 is 0 Å². The minimum absolute atomic E-state index is 0.708. The molecule has 0 aromatic rings. The van der Waals surface area contributed by atoms with Crippen molar-refractivity contribution in [1.29, 1.82) is 0 Å². The Morgan fingerprint density at radius 2 is 1.09 bits per heavy atom. The molecule has 0 amide bonds. The summed E-state index contributed by atoms with van der Waals surface area (Å²) in [6.45, 7) is 2.19. The highest BCUT2D eigenvalue weighted by atomic mass is 16.8. The second-order valence-corrected chi connectivity index (χ2v) is 8.30. The Labute approximate surface area is 183 Å². The summed E-state index contributed by atoms with van der Waals surface area (Å²) in [5.74, 6) is 0. The summed E-state index contributed by atoms with van der Waals surface area (Å²) in [6.07, 6.45) is -22.4. The Kier molecular flexibility index (Phi) is 8.44. The van der Waals surface area contributed by atoms with Crippen LogP contribution in [0.4, 0.5) is 0 Å². The van der Waals surface area contributed by atoms with Crippen molar-refractivity contribution < 1.29 is 69.6 Å². The van der Waals surface area contributed by atoms with Gasteiger partial charge in [0.2, 0.25) is 0 Å². The molecule has 0 aromatic carbocycles. The number of aliphatic hydroxyl groups excluding tert-OH is 9. The lowest BCUT2D eigenvalue weighted by atomic mass is 9.96. The first-order chi connectivity index (χ1) is 15.0. The van der Waals surface area contributed by atoms with Gasteiger partial charge in [0.15, 0.2) is 18.9 Å². The Morgan fingerprint density at radius 3 is 1.69 bits per heavy atom. The van der Waals surface area contributed by atoms with Gasteiger partial charge in [0.1, 0.15) is 61.0 Å². The minimum Gasteiger partial charge on any atom is -0.394 e. The summed E-state index contributed by atoms with van der Waals surface area (Å²) in [4.78, 5) is 0. The van der Waals surface area contributed by atoms with Crippen LogP contribution in [0.5, 0.6) is 0 Å². The second kappa shape index (κ2) is 10.4. The van der Waals surface area contributed by atoms with Crippen molar-refractivity contribution in [3.63, 3.8) is 0 Å². The molecule has 0 bridgehead atoms. The van der Waals surface area contributed by atoms with Gasteiger partial charge >= 0.3 is 0 Å². The third-order valence-corrected chi connectivity index (χ3v) is 6.01. The van der Waals surface area contributed by atoms with Gasteiger partial charge in [0.05, 0.1) is 18.8 Å². The van der Waals surface area contributed by atoms with Gasteiger partial charge in [-0.05, 0) is 13.8 Å². The molecular weight excluding hydrogens is 440 g/mol. The second-order valence-electron chi connectivity index (χ2n) is 8.30. The normalized spacial score (nSPS) is 55.0. The van der Waals surface area contributed by atoms with Crippen LogP contribution in [-0.2, 0) is 23.7 Å². The number of aliphatic hydroxyl groups is 9. The summed E-state index contributed by atoms with van der Waals surface area (Å²) >= 11 is 0. The first-order valence-corrected chi connectivity index (χ1v) is 10.3. The zero-order valence-electron chi connectivity index (χ0n) is 17.4. The molecule has 0 spiro atoms. The van der Waals surface area contributed by atoms with Crippen molar-refractivity contribution in [3.05, 3.63) is 0 Å². The van der Waals surface area contributed by atoms with Crippen molar-refractivity contribution in [3.8, 4) is 0 Å². The quantitative estimate of drug-likeness (QED) is 0.182. The molecule has 3 fully saturated rings. The molecule has 14 heteroatoms. The van der Waals surface area contributed by atoms with Crippen LogP contribution in [0.25, 0.3) is 0 Å². The monoisotopic (exact) mass is 472 g/mol. The summed E-state index contributed by atoms with van der Waals surface area (Å²) in [5.41, 5.74) is 0. The molecule has 3 aliphatic rings. The van der Waals surface area contributed by atoms with Gasteiger partial charge in [-0.3, -0.25) is 0 Å². The molecule has 0 radical (unpaired) electrons. The molecular formula is C18H32O14. The van der Waals surface area contributed by atoms with Gasteiger partial charge in [-0.2, -0.15) is 0 Å². The molecule has 3 aliphatic heterocycles. The zero-order chi connectivity index (χ0) is 23.9. The lowest BCUT2D eigenvalue weighted by Crippen LogP contribution is -2.66. The Balaban J connectivity index is 1.79. The van der Waals surface area contributed by atoms with Gasteiger partial charge in [0.25, 0.3) is 0 Å². The van der Waals surface area contributed by atoms with E-state index in [1.807, 2.05) is 0 Å². The van der Waals surface area contributed by atoms with E-state index in [9.17, 15) is 46.0 Å². The van der Waals surface area contributed by atoms with Gasteiger partial charge in [-0.25, -0.2) is 0 Å². The van der Waals surface area contributed by atoms with Crippen molar-refractivity contribution in [1.82, 2.24) is 0 Å². The molecule has 3 heterocycles. The lowest BCUT2D eigenvalue weighted by Gasteiger charge is -2.48. The van der Waals surface area contributed by atoms with Crippen molar-refractivity contribution in [2.75, 3.05) is 6.61 Å². The van der Waals surface area contributed by atoms with Crippen LogP contribution in [0.15, 0.2) is 0 Å². The molecule has 32 heavy (non-hydrogen) atoms. The topological polar surface area (TPSA) is 228 Å². The predicted octanol–water partition coefficient (Wildman–Crippen LogP) is -5.52. The van der Waals surface area contributed by atoms with E-state index in [2.05, 4.69) is 0 Å². The van der Waals surface area contributed by atoms with Gasteiger partial charge in [-0.15, -0.1) is 0 Å². The van der Waals surface area contributed by atoms with E-state index in [4.69, 9.17) is 23.7 Å². The summed E-state index contributed by atoms with van der Waals surface area (Å²) < 4.78 is 27.2. The first kappa shape index (κ1) is 26.1. The fourth-order valence-corrected chi connectivity index (χ4v) is 3.96. The van der Waals surface area contributed by atoms with Gasteiger partial charge in [0, 0.05) is 0 Å². The van der Waals surface area contributed by atoms with E-state index < -0.39 is 98.7 Å². The van der Waals surface area contributed by atoms with Crippen molar-refractivity contribution in [2.24, 2.45) is 0 Å². The minimum atomic E-state index is -1.79. The SMILES string of the molecule is C[C@@H]1O[C@@H](O[C@@H]2[C@@H](O[C@H]3O[C@H](CO)[C@@H](O)[C@H](O)[C@@H]3O)[C@@H](O)[C@H](O)O[C@H]2C)[C@H](O)[C@H](O)[C@H]1O. The highest BCUT2D eigenvalue weighted by molar-refractivity contribution is 4.95. The van der Waals surface area contributed by atoms with Crippen LogP contribution in [-0.4, -0.2) is 145 Å². The standard InChI is InChI=1S/C18H32O14/c1-4-7(20)9(22)11(24)17(29-4)31-14-5(2)28-16(27)13(26)15(14)32-18-12(25)10(23)8(21)6(3-19)30-18/h4-27H,3H2,1-2H3/t4-,5-,6+,7-,8+,9+,10-,11+,12-,13+,14-,15-,16+,17-,18+/m0/s1. The van der Waals surface area contributed by atoms with E-state index in [0.717, 1.165) is 0 Å². The van der Waals surface area contributed by atoms with Gasteiger partial charge in [-0.1, -0.05) is 0 Å². The first-order valence-electron chi connectivity index (χ1n) is 10.3. The Morgan fingerprint density at radius 1 is 0.562 bits per heavy atom. The molecule has 0 aromatic heterocycles. The molecule has 3 saturated heterocycles. The Bertz CT molecular complexity index is 608. The summed E-state index contributed by atoms with van der Waals surface area (Å²) in [5, 5.41) is 90.0. The number of hydrogen-bond donors (Lipinski definition) is 9. The highest BCUT2D eigenvalue weighted by Gasteiger charge is 2.52. The maximum Gasteiger partial charge on any atom is 0.187 e. The van der Waals surface area contributed by atoms with Crippen LogP contribution < -0.4 is 0 Å². The molecule has 14 nitrogen and oxygen atoms in total. The fourth-order valence-electron chi connectivity index (χ4n) is 3.96. The van der Waals surface area contributed by atoms with E-state index in [-0.39, 0.29) is 0 Å². The molecule has 3 rings (SSSR count). The molecule has 15 atom stereocenters. The highest BCUT2D eigenvalue weighted by Crippen LogP contribution is 2.32. The van der Waals surface area contributed by atoms with Crippen LogP contribution in [0.3, 0.4) is 0 Å². The Hall–Kier alpha value is -0.560. The molecule has 188 valence electrons. The number of hydrogen-bond acceptors (Lipinski definition) is 14. The molecule has 0 saturated carbocycles. The fraction of sp³-hybridized carbons (Fsp3) is 1.00. The molecule has 0 aliphatic carbocycles. The largest absolute Gasteiger partial charge is 0.394 e. The molecule has 0 unspecified atom stereocenters. The van der Waals surface area contributed by atoms with Crippen LogP contribution >= 0.6 is 0 Å². The van der Waals surface area contributed by atoms with Crippen molar-refractivity contribution >= 4 is 0 Å². The lowest BCUT2D eigenvalue weighted by molar-refractivity contribution is -0.379. The van der Waals surface area contributed by atoms with Crippen molar-refractivity contribution in [2.45, 2.75) is 106 Å². The number of rotatable bonds is 5. The van der Waals surface area contributed by atoms with Crippen LogP contribution in [0.2, 0.25) is 0 Å². The van der Waals surface area contributed by atoms with Crippen LogP contribution in [0.1, 0.15) is 13.8 Å². The van der Waals surface area contributed by atoms with E-state index in [0.29, 0.717) is 0 Å². The van der Waals surface area contributed by atoms with E-state index in [1.54, 1.807) is 0 Å². The molecule has 9 N–H and O–H groups in total. The van der Waals surface area contributed by atoms with Crippen LogP contribution in [0, 0.1) is 0 Å². The third-order valence-electron chi connectivity index (χ3n) is 6.01. The number of ether oxygens (including phenoxy) is 5. The predicted molar refractivity (Wildman–Crippen MR) is 98.4 cm³/mol. The summed E-state index contributed by atoms with van der Waals surface area (Å²) in [6, 6.07) is 0. The average Bonchev–Trinajstić information content (AvgIpc) is 2.76. The zero-order valence-corrected chi connectivity index (χ0v) is 17.4. The maximum atomic E-state index is 10.5. The third kappa shape index (κ3) is 4.94.